The maximum atomic E-state index is 10.3. The predicted molar refractivity (Wildman–Crippen MR) is 127 cm³/mol. The van der Waals surface area contributed by atoms with Gasteiger partial charge in [-0.1, -0.05) is 78.1 Å². The number of rotatable bonds is 1. The number of hydrogen-bond acceptors (Lipinski definition) is 5. The Balaban J connectivity index is 1.61. The minimum absolute atomic E-state index is 0.295. The second-order valence-corrected chi connectivity index (χ2v) is 9.48. The lowest BCUT2D eigenvalue weighted by Gasteiger charge is -2.35. The molecule has 1 unspecified atom stereocenters. The van der Waals surface area contributed by atoms with Crippen LogP contribution in [0.15, 0.2) is 110 Å². The molecule has 6 heteroatoms. The van der Waals surface area contributed by atoms with Crippen LogP contribution in [-0.4, -0.2) is 5.84 Å². The molecular formula is C25H16N4S2. The van der Waals surface area contributed by atoms with Crippen LogP contribution in [0.3, 0.4) is 0 Å². The summed E-state index contributed by atoms with van der Waals surface area (Å²) in [6.45, 7) is 0. The Morgan fingerprint density at radius 1 is 0.871 bits per heavy atom. The van der Waals surface area contributed by atoms with Crippen molar-refractivity contribution in [2.75, 3.05) is 10.2 Å². The van der Waals surface area contributed by atoms with Gasteiger partial charge in [0.1, 0.15) is 10.9 Å². The monoisotopic (exact) mass is 436 g/mol. The Hall–Kier alpha value is -3.40. The minimum atomic E-state index is -0.295. The number of fused-ring (bicyclic) bond motifs is 4. The SMILES string of the molecule is N#CC1=C2Sc3ccccc3N2C(=N)/C(=C2\Nc3ccccc3S2)C1c1ccccc1. The van der Waals surface area contributed by atoms with Crippen molar-refractivity contribution in [3.8, 4) is 6.07 Å². The molecule has 0 bridgehead atoms. The second-order valence-electron chi connectivity index (χ2n) is 7.39. The van der Waals surface area contributed by atoms with Gasteiger partial charge in [-0.05, 0) is 29.8 Å². The largest absolute Gasteiger partial charge is 0.349 e. The summed E-state index contributed by atoms with van der Waals surface area (Å²) < 4.78 is 0. The normalized spacial score (nSPS) is 21.3. The molecule has 3 aliphatic heterocycles. The highest BCUT2D eigenvalue weighted by molar-refractivity contribution is 8.04. The van der Waals surface area contributed by atoms with Gasteiger partial charge < -0.3 is 5.32 Å². The average Bonchev–Trinajstić information content (AvgIpc) is 3.41. The number of nitriles is 1. The molecule has 2 N–H and O–H groups in total. The molecular weight excluding hydrogens is 420 g/mol. The number of nitrogens with zero attached hydrogens (tertiary/aromatic N) is 2. The highest BCUT2D eigenvalue weighted by Crippen LogP contribution is 2.56. The van der Waals surface area contributed by atoms with Crippen molar-refractivity contribution in [3.05, 3.63) is 106 Å². The second kappa shape index (κ2) is 7.09. The summed E-state index contributed by atoms with van der Waals surface area (Å²) in [4.78, 5) is 4.14. The van der Waals surface area contributed by atoms with E-state index in [4.69, 9.17) is 0 Å². The Kier molecular flexibility index (Phi) is 4.20. The van der Waals surface area contributed by atoms with Crippen LogP contribution in [-0.2, 0) is 0 Å². The van der Waals surface area contributed by atoms with Crippen LogP contribution in [0, 0.1) is 16.7 Å². The molecule has 6 rings (SSSR count). The predicted octanol–water partition coefficient (Wildman–Crippen LogP) is 6.54. The molecule has 0 spiro atoms. The minimum Gasteiger partial charge on any atom is -0.349 e. The van der Waals surface area contributed by atoms with Crippen molar-refractivity contribution in [2.24, 2.45) is 0 Å². The lowest BCUT2D eigenvalue weighted by Crippen LogP contribution is -2.37. The Bertz CT molecular complexity index is 1320. The van der Waals surface area contributed by atoms with Crippen molar-refractivity contribution < 1.29 is 0 Å². The summed E-state index contributed by atoms with van der Waals surface area (Å²) in [6, 6.07) is 28.8. The first-order valence-corrected chi connectivity index (χ1v) is 11.5. The Morgan fingerprint density at radius 3 is 2.35 bits per heavy atom. The third-order valence-electron chi connectivity index (χ3n) is 5.65. The third kappa shape index (κ3) is 2.74. The number of amidine groups is 1. The fourth-order valence-electron chi connectivity index (χ4n) is 4.28. The summed E-state index contributed by atoms with van der Waals surface area (Å²) in [6.07, 6.45) is 0. The summed E-state index contributed by atoms with van der Waals surface area (Å²) in [5, 5.41) is 24.9. The van der Waals surface area contributed by atoms with E-state index in [1.807, 2.05) is 71.6 Å². The molecule has 0 saturated heterocycles. The van der Waals surface area contributed by atoms with Crippen LogP contribution in [0.1, 0.15) is 11.5 Å². The summed E-state index contributed by atoms with van der Waals surface area (Å²) in [7, 11) is 0. The van der Waals surface area contributed by atoms with Gasteiger partial charge in [-0.15, -0.1) is 0 Å². The van der Waals surface area contributed by atoms with Gasteiger partial charge in [0.15, 0.2) is 0 Å². The molecule has 4 nitrogen and oxygen atoms in total. The molecule has 0 aromatic heterocycles. The molecule has 0 aliphatic carbocycles. The zero-order valence-electron chi connectivity index (χ0n) is 16.3. The van der Waals surface area contributed by atoms with E-state index in [-0.39, 0.29) is 5.92 Å². The van der Waals surface area contributed by atoms with Crippen molar-refractivity contribution in [3.63, 3.8) is 0 Å². The number of hydrogen-bond donors (Lipinski definition) is 2. The maximum absolute atomic E-state index is 10.3. The van der Waals surface area contributed by atoms with Crippen LogP contribution in [0.2, 0.25) is 0 Å². The van der Waals surface area contributed by atoms with Crippen LogP contribution in [0.25, 0.3) is 0 Å². The first-order chi connectivity index (χ1) is 15.3. The molecule has 0 radical (unpaired) electrons. The van der Waals surface area contributed by atoms with Crippen LogP contribution >= 0.6 is 23.5 Å². The van der Waals surface area contributed by atoms with Crippen molar-refractivity contribution >= 4 is 40.7 Å². The van der Waals surface area contributed by atoms with Gasteiger partial charge in [0, 0.05) is 15.4 Å². The average molecular weight is 437 g/mol. The van der Waals surface area contributed by atoms with E-state index in [0.29, 0.717) is 11.4 Å². The van der Waals surface area contributed by atoms with Crippen LogP contribution < -0.4 is 10.2 Å². The highest BCUT2D eigenvalue weighted by atomic mass is 32.2. The van der Waals surface area contributed by atoms with Crippen molar-refractivity contribution in [2.45, 2.75) is 15.7 Å². The first kappa shape index (κ1) is 18.4. The first-order valence-electron chi connectivity index (χ1n) is 9.89. The number of benzene rings is 3. The van der Waals surface area contributed by atoms with E-state index < -0.39 is 0 Å². The topological polar surface area (TPSA) is 62.9 Å². The number of para-hydroxylation sites is 2. The molecule has 1 atom stereocenters. The van der Waals surface area contributed by atoms with E-state index in [1.54, 1.807) is 23.5 Å². The van der Waals surface area contributed by atoms with E-state index in [1.165, 1.54) is 0 Å². The van der Waals surface area contributed by atoms with Gasteiger partial charge >= 0.3 is 0 Å². The van der Waals surface area contributed by atoms with E-state index in [0.717, 1.165) is 42.4 Å². The number of anilines is 2. The maximum Gasteiger partial charge on any atom is 0.137 e. The van der Waals surface area contributed by atoms with E-state index in [9.17, 15) is 10.7 Å². The Morgan fingerprint density at radius 2 is 1.58 bits per heavy atom. The smallest absolute Gasteiger partial charge is 0.137 e. The van der Waals surface area contributed by atoms with Crippen molar-refractivity contribution in [1.29, 1.82) is 10.7 Å². The highest BCUT2D eigenvalue weighted by Gasteiger charge is 2.44. The van der Waals surface area contributed by atoms with Crippen LogP contribution in [0.5, 0.6) is 0 Å². The van der Waals surface area contributed by atoms with Gasteiger partial charge in [0.05, 0.1) is 34.0 Å². The summed E-state index contributed by atoms with van der Waals surface area (Å²) in [5.74, 6) is 0.124. The van der Waals surface area contributed by atoms with Crippen molar-refractivity contribution in [1.82, 2.24) is 0 Å². The molecule has 148 valence electrons. The molecule has 0 amide bonds. The van der Waals surface area contributed by atoms with Gasteiger partial charge in [-0.2, -0.15) is 5.26 Å². The lowest BCUT2D eigenvalue weighted by molar-refractivity contribution is 0.939. The Labute approximate surface area is 188 Å². The quantitative estimate of drug-likeness (QED) is 0.454. The fourth-order valence-corrected chi connectivity index (χ4v) is 6.53. The number of nitrogens with one attached hydrogen (secondary N) is 2. The third-order valence-corrected chi connectivity index (χ3v) is 7.91. The molecule has 0 fully saturated rings. The standard InChI is InChI=1S/C25H16N4S2/c26-14-16-21(15-8-2-1-3-9-15)22(24-28-17-10-4-6-12-19(17)30-24)23(27)29-18-11-5-7-13-20(18)31-25(16)29/h1-13,21,27-28H/b24-22+,27-23?. The number of thioether (sulfide) groups is 2. The molecule has 3 aromatic rings. The molecule has 3 heterocycles. The summed E-state index contributed by atoms with van der Waals surface area (Å²) in [5.41, 5.74) is 4.55. The van der Waals surface area contributed by atoms with E-state index >= 15 is 0 Å². The zero-order chi connectivity index (χ0) is 20.9. The van der Waals surface area contributed by atoms with Gasteiger partial charge in [0.2, 0.25) is 0 Å². The van der Waals surface area contributed by atoms with Gasteiger partial charge in [0.25, 0.3) is 0 Å². The summed E-state index contributed by atoms with van der Waals surface area (Å²) >= 11 is 3.21. The lowest BCUT2D eigenvalue weighted by atomic mass is 9.82. The number of allylic oxidation sites excluding steroid dienone is 1. The molecule has 3 aliphatic rings. The molecule has 0 saturated carbocycles. The molecule has 3 aromatic carbocycles. The van der Waals surface area contributed by atoms with Gasteiger partial charge in [-0.3, -0.25) is 10.3 Å². The molecule has 31 heavy (non-hydrogen) atoms. The van der Waals surface area contributed by atoms with E-state index in [2.05, 4.69) is 23.5 Å². The zero-order valence-corrected chi connectivity index (χ0v) is 17.9. The van der Waals surface area contributed by atoms with Crippen LogP contribution in [0.4, 0.5) is 11.4 Å². The van der Waals surface area contributed by atoms with Gasteiger partial charge in [-0.25, -0.2) is 0 Å². The fraction of sp³-hybridized carbons (Fsp3) is 0.0400.